The van der Waals surface area contributed by atoms with E-state index in [4.69, 9.17) is 10.00 Å². The minimum atomic E-state index is -0.283. The van der Waals surface area contributed by atoms with Gasteiger partial charge in [-0.05, 0) is 48.4 Å². The number of hydrogen-bond donors (Lipinski definition) is 1. The summed E-state index contributed by atoms with van der Waals surface area (Å²) in [4.78, 5) is 12.2. The molecule has 0 aliphatic rings. The zero-order valence-electron chi connectivity index (χ0n) is 17.8. The number of ether oxygens (including phenoxy) is 1. The van der Waals surface area contributed by atoms with Gasteiger partial charge in [-0.1, -0.05) is 64.0 Å². The zero-order chi connectivity index (χ0) is 21.4. The number of hydrogen-bond acceptors (Lipinski definition) is 4. The lowest BCUT2D eigenvalue weighted by Gasteiger charge is -2.07. The summed E-state index contributed by atoms with van der Waals surface area (Å²) in [6, 6.07) is 16.1. The van der Waals surface area contributed by atoms with Crippen LogP contribution in [-0.4, -0.2) is 18.7 Å². The number of nitriles is 1. The summed E-state index contributed by atoms with van der Waals surface area (Å²) in [6.45, 7) is 2.94. The molecule has 2 aromatic carbocycles. The molecular weight excluding hydrogens is 374 g/mol. The molecule has 1 amide bonds. The Morgan fingerprint density at radius 1 is 0.967 bits per heavy atom. The van der Waals surface area contributed by atoms with E-state index < -0.39 is 0 Å². The molecule has 5 heteroatoms. The molecule has 0 bridgehead atoms. The molecule has 0 aromatic heterocycles. The molecule has 5 nitrogen and oxygen atoms in total. The van der Waals surface area contributed by atoms with Gasteiger partial charge in [0, 0.05) is 5.56 Å². The van der Waals surface area contributed by atoms with Gasteiger partial charge in [0.15, 0.2) is 0 Å². The molecule has 2 aromatic rings. The van der Waals surface area contributed by atoms with Gasteiger partial charge in [-0.25, -0.2) is 5.43 Å². The van der Waals surface area contributed by atoms with Gasteiger partial charge in [-0.3, -0.25) is 4.79 Å². The monoisotopic (exact) mass is 405 g/mol. The Morgan fingerprint density at radius 3 is 2.23 bits per heavy atom. The molecule has 0 spiro atoms. The lowest BCUT2D eigenvalue weighted by atomic mass is 10.1. The first-order chi connectivity index (χ1) is 14.7. The highest BCUT2D eigenvalue weighted by Crippen LogP contribution is 2.14. The molecule has 0 unspecified atom stereocenters. The van der Waals surface area contributed by atoms with Gasteiger partial charge < -0.3 is 4.74 Å². The van der Waals surface area contributed by atoms with Crippen LogP contribution in [-0.2, 0) is 0 Å². The highest BCUT2D eigenvalue weighted by molar-refractivity contribution is 5.95. The molecule has 1 N–H and O–H groups in total. The van der Waals surface area contributed by atoms with E-state index in [0.29, 0.717) is 17.7 Å². The zero-order valence-corrected chi connectivity index (χ0v) is 17.8. The fourth-order valence-corrected chi connectivity index (χ4v) is 3.00. The van der Waals surface area contributed by atoms with Crippen molar-refractivity contribution >= 4 is 12.1 Å². The number of hydrazone groups is 1. The van der Waals surface area contributed by atoms with Gasteiger partial charge in [0.25, 0.3) is 5.91 Å². The first-order valence-electron chi connectivity index (χ1n) is 10.8. The number of amides is 1. The molecule has 0 atom stereocenters. The molecule has 0 aliphatic carbocycles. The Balaban J connectivity index is 1.65. The van der Waals surface area contributed by atoms with Gasteiger partial charge in [0.1, 0.15) is 5.75 Å². The first kappa shape index (κ1) is 23.2. The number of unbranched alkanes of at least 4 members (excludes halogenated alkanes) is 7. The summed E-state index contributed by atoms with van der Waals surface area (Å²) in [5, 5.41) is 12.7. The summed E-state index contributed by atoms with van der Waals surface area (Å²) >= 11 is 0. The minimum Gasteiger partial charge on any atom is -0.494 e. The molecular formula is C25H31N3O2. The van der Waals surface area contributed by atoms with Crippen LogP contribution in [0.25, 0.3) is 0 Å². The second-order valence-electron chi connectivity index (χ2n) is 7.28. The quantitative estimate of drug-likeness (QED) is 0.258. The molecule has 30 heavy (non-hydrogen) atoms. The van der Waals surface area contributed by atoms with Gasteiger partial charge in [-0.15, -0.1) is 0 Å². The van der Waals surface area contributed by atoms with Crippen LogP contribution in [0.3, 0.4) is 0 Å². The Hall–Kier alpha value is -3.13. The van der Waals surface area contributed by atoms with Crippen molar-refractivity contribution in [3.8, 4) is 11.8 Å². The van der Waals surface area contributed by atoms with E-state index in [9.17, 15) is 4.79 Å². The van der Waals surface area contributed by atoms with E-state index in [1.165, 1.54) is 44.9 Å². The maximum Gasteiger partial charge on any atom is 0.271 e. The Labute approximate surface area is 179 Å². The van der Waals surface area contributed by atoms with Crippen molar-refractivity contribution in [1.82, 2.24) is 5.43 Å². The fraction of sp³-hybridized carbons (Fsp3) is 0.400. The normalized spacial score (nSPS) is 10.7. The first-order valence-corrected chi connectivity index (χ1v) is 10.8. The average molecular weight is 406 g/mol. The van der Waals surface area contributed by atoms with Gasteiger partial charge in [-0.2, -0.15) is 10.4 Å². The maximum absolute atomic E-state index is 12.2. The maximum atomic E-state index is 12.2. The molecule has 0 fully saturated rings. The van der Waals surface area contributed by atoms with Crippen molar-refractivity contribution in [1.29, 1.82) is 5.26 Å². The summed E-state index contributed by atoms with van der Waals surface area (Å²) in [5.74, 6) is 0.491. The molecule has 0 saturated carbocycles. The molecule has 0 radical (unpaired) electrons. The number of carbonyl (C=O) groups is 1. The van der Waals surface area contributed by atoms with Crippen LogP contribution in [0.15, 0.2) is 53.6 Å². The van der Waals surface area contributed by atoms with E-state index in [1.807, 2.05) is 12.1 Å². The third kappa shape index (κ3) is 8.91. The predicted molar refractivity (Wildman–Crippen MR) is 121 cm³/mol. The van der Waals surface area contributed by atoms with Crippen LogP contribution in [0, 0.1) is 11.3 Å². The largest absolute Gasteiger partial charge is 0.494 e. The predicted octanol–water partition coefficient (Wildman–Crippen LogP) is 5.84. The molecule has 0 aliphatic heterocycles. The van der Waals surface area contributed by atoms with Crippen molar-refractivity contribution < 1.29 is 9.53 Å². The Bertz CT molecular complexity index is 821. The Kier molecular flexibility index (Phi) is 10.8. The van der Waals surface area contributed by atoms with Crippen molar-refractivity contribution in [2.45, 2.75) is 58.3 Å². The smallest absolute Gasteiger partial charge is 0.271 e. The van der Waals surface area contributed by atoms with Gasteiger partial charge in [0.05, 0.1) is 24.5 Å². The van der Waals surface area contributed by atoms with Crippen molar-refractivity contribution in [2.24, 2.45) is 5.10 Å². The number of rotatable bonds is 13. The Morgan fingerprint density at radius 2 is 1.60 bits per heavy atom. The van der Waals surface area contributed by atoms with Crippen LogP contribution < -0.4 is 10.2 Å². The second kappa shape index (κ2) is 13.9. The van der Waals surface area contributed by atoms with E-state index in [1.54, 1.807) is 42.6 Å². The standard InChI is InChI=1S/C25H31N3O2/c1-2-3-4-5-6-7-8-9-18-30-24-16-14-23(15-17-24)25(29)28-27-20-22-12-10-21(19-26)11-13-22/h10-17,20H,2-9,18H2,1H3,(H,28,29)/b27-20-. The van der Waals surface area contributed by atoms with Crippen LogP contribution in [0.2, 0.25) is 0 Å². The summed E-state index contributed by atoms with van der Waals surface area (Å²) < 4.78 is 5.76. The highest BCUT2D eigenvalue weighted by atomic mass is 16.5. The topological polar surface area (TPSA) is 74.5 Å². The number of nitrogens with zero attached hydrogens (tertiary/aromatic N) is 2. The van der Waals surface area contributed by atoms with Crippen LogP contribution >= 0.6 is 0 Å². The van der Waals surface area contributed by atoms with Crippen LogP contribution in [0.5, 0.6) is 5.75 Å². The molecule has 0 saturated heterocycles. The van der Waals surface area contributed by atoms with E-state index in [2.05, 4.69) is 23.5 Å². The second-order valence-corrected chi connectivity index (χ2v) is 7.28. The number of benzene rings is 2. The lowest BCUT2D eigenvalue weighted by Crippen LogP contribution is -2.17. The average Bonchev–Trinajstić information content (AvgIpc) is 2.79. The van der Waals surface area contributed by atoms with E-state index in [-0.39, 0.29) is 5.91 Å². The van der Waals surface area contributed by atoms with Crippen LogP contribution in [0.4, 0.5) is 0 Å². The lowest BCUT2D eigenvalue weighted by molar-refractivity contribution is 0.0955. The third-order valence-corrected chi connectivity index (χ3v) is 4.80. The van der Waals surface area contributed by atoms with E-state index in [0.717, 1.165) is 17.7 Å². The van der Waals surface area contributed by atoms with Gasteiger partial charge in [0.2, 0.25) is 0 Å². The third-order valence-electron chi connectivity index (χ3n) is 4.80. The summed E-state index contributed by atoms with van der Waals surface area (Å²) in [5.41, 5.74) is 4.41. The van der Waals surface area contributed by atoms with Crippen molar-refractivity contribution in [2.75, 3.05) is 6.61 Å². The molecule has 158 valence electrons. The molecule has 2 rings (SSSR count). The summed E-state index contributed by atoms with van der Waals surface area (Å²) in [6.07, 6.45) is 11.7. The molecule has 0 heterocycles. The van der Waals surface area contributed by atoms with Crippen LogP contribution in [0.1, 0.15) is 79.8 Å². The van der Waals surface area contributed by atoms with Crippen molar-refractivity contribution in [3.05, 3.63) is 65.2 Å². The fourth-order valence-electron chi connectivity index (χ4n) is 3.00. The van der Waals surface area contributed by atoms with E-state index >= 15 is 0 Å². The van der Waals surface area contributed by atoms with Crippen molar-refractivity contribution in [3.63, 3.8) is 0 Å². The SMILES string of the molecule is CCCCCCCCCCOc1ccc(C(=O)N/N=C\c2ccc(C#N)cc2)cc1. The van der Waals surface area contributed by atoms with Gasteiger partial charge >= 0.3 is 0 Å². The number of carbonyl (C=O) groups excluding carboxylic acids is 1. The minimum absolute atomic E-state index is 0.283. The number of nitrogens with one attached hydrogen (secondary N) is 1. The summed E-state index contributed by atoms with van der Waals surface area (Å²) in [7, 11) is 0. The highest BCUT2D eigenvalue weighted by Gasteiger charge is 2.04.